The normalized spacial score (nSPS) is 15.3. The minimum absolute atomic E-state index is 0.0292. The number of hydrogen-bond acceptors (Lipinski definition) is 10. The molecule has 0 saturated carbocycles. The number of anilines is 1. The molecule has 186 valence electrons. The maximum atomic E-state index is 12.6. The average Bonchev–Trinajstić information content (AvgIpc) is 3.66. The van der Waals surface area contributed by atoms with E-state index >= 15 is 0 Å². The fraction of sp³-hybridized carbons (Fsp3) is 0.304. The monoisotopic (exact) mass is 541 g/mol. The van der Waals surface area contributed by atoms with Crippen LogP contribution in [0.3, 0.4) is 0 Å². The highest BCUT2D eigenvalue weighted by Gasteiger charge is 2.17. The van der Waals surface area contributed by atoms with E-state index < -0.39 is 0 Å². The molecule has 2 N–H and O–H groups in total. The fourth-order valence-corrected chi connectivity index (χ4v) is 6.21. The van der Waals surface area contributed by atoms with Gasteiger partial charge in [-0.15, -0.1) is 16.4 Å². The highest BCUT2D eigenvalue weighted by atomic mass is 32.2. The molecule has 2 aromatic heterocycles. The van der Waals surface area contributed by atoms with Crippen LogP contribution >= 0.6 is 34.9 Å². The van der Waals surface area contributed by atoms with E-state index in [1.54, 1.807) is 4.68 Å². The van der Waals surface area contributed by atoms with Gasteiger partial charge < -0.3 is 15.4 Å². The Hall–Kier alpha value is -3.00. The van der Waals surface area contributed by atoms with Crippen LogP contribution in [-0.2, 0) is 14.3 Å². The predicted octanol–water partition coefficient (Wildman–Crippen LogP) is 3.39. The average molecular weight is 542 g/mol. The summed E-state index contributed by atoms with van der Waals surface area (Å²) in [5, 5.41) is 18.1. The SMILES string of the molecule is O=C(CSc1nc2ccc(NC(=O)CSc3nnnn3-c3ccccc3)cc2s1)NCC1CCCO1. The summed E-state index contributed by atoms with van der Waals surface area (Å²) in [6.45, 7) is 1.33. The number of fused-ring (bicyclic) bond motifs is 1. The maximum absolute atomic E-state index is 12.6. The molecule has 1 unspecified atom stereocenters. The zero-order chi connectivity index (χ0) is 24.7. The number of nitrogens with one attached hydrogen (secondary N) is 2. The molecule has 1 aliphatic heterocycles. The van der Waals surface area contributed by atoms with Crippen LogP contribution in [0.15, 0.2) is 58.0 Å². The minimum atomic E-state index is -0.163. The molecule has 0 bridgehead atoms. The van der Waals surface area contributed by atoms with Crippen molar-refractivity contribution in [1.82, 2.24) is 30.5 Å². The molecule has 3 heterocycles. The number of thiazole rings is 1. The van der Waals surface area contributed by atoms with Crippen LogP contribution in [-0.4, -0.2) is 67.8 Å². The van der Waals surface area contributed by atoms with Crippen molar-refractivity contribution in [2.24, 2.45) is 0 Å². The molecule has 13 heteroatoms. The molecule has 2 aromatic carbocycles. The fourth-order valence-electron chi connectivity index (χ4n) is 3.58. The first kappa shape index (κ1) is 24.7. The van der Waals surface area contributed by atoms with Crippen LogP contribution < -0.4 is 10.6 Å². The van der Waals surface area contributed by atoms with Gasteiger partial charge in [0.2, 0.25) is 17.0 Å². The summed E-state index contributed by atoms with van der Waals surface area (Å²) in [6, 6.07) is 15.1. The number of carbonyl (C=O) groups is 2. The Morgan fingerprint density at radius 1 is 1.11 bits per heavy atom. The Bertz CT molecular complexity index is 1340. The number of rotatable bonds is 10. The Balaban J connectivity index is 1.12. The second kappa shape index (κ2) is 11.8. The van der Waals surface area contributed by atoms with Crippen LogP contribution in [0.5, 0.6) is 0 Å². The van der Waals surface area contributed by atoms with E-state index in [0.717, 1.165) is 39.7 Å². The third-order valence-corrected chi connectivity index (χ3v) is 8.38. The molecule has 1 aliphatic rings. The number of ether oxygens (including phenoxy) is 1. The van der Waals surface area contributed by atoms with Crippen molar-refractivity contribution in [3.8, 4) is 5.69 Å². The van der Waals surface area contributed by atoms with Gasteiger partial charge in [-0.2, -0.15) is 4.68 Å². The number of thioether (sulfide) groups is 2. The van der Waals surface area contributed by atoms with Crippen molar-refractivity contribution >= 4 is 62.6 Å². The molecule has 4 aromatic rings. The summed E-state index contributed by atoms with van der Waals surface area (Å²) in [5.41, 5.74) is 2.34. The molecule has 1 atom stereocenters. The van der Waals surface area contributed by atoms with E-state index in [2.05, 4.69) is 31.1 Å². The standard InChI is InChI=1S/C23H23N7O3S3/c31-20(24-12-17-7-4-10-33-17)13-35-23-26-18-9-8-15(11-19(18)36-23)25-21(32)14-34-22-27-28-29-30(22)16-5-2-1-3-6-16/h1-3,5-6,8-9,11,17H,4,7,10,12-14H2,(H,24,31)(H,25,32). The zero-order valence-electron chi connectivity index (χ0n) is 19.1. The predicted molar refractivity (Wildman–Crippen MR) is 141 cm³/mol. The Labute approximate surface area is 219 Å². The van der Waals surface area contributed by atoms with Crippen molar-refractivity contribution in [2.45, 2.75) is 28.4 Å². The van der Waals surface area contributed by atoms with E-state index in [0.29, 0.717) is 23.1 Å². The quantitative estimate of drug-likeness (QED) is 0.291. The Kier molecular flexibility index (Phi) is 8.11. The lowest BCUT2D eigenvalue weighted by Crippen LogP contribution is -2.32. The van der Waals surface area contributed by atoms with Crippen molar-refractivity contribution in [2.75, 3.05) is 30.0 Å². The second-order valence-corrected chi connectivity index (χ2v) is 11.1. The Morgan fingerprint density at radius 2 is 1.97 bits per heavy atom. The molecular weight excluding hydrogens is 519 g/mol. The van der Waals surface area contributed by atoms with Crippen LogP contribution in [0.1, 0.15) is 12.8 Å². The molecule has 2 amide bonds. The lowest BCUT2D eigenvalue weighted by atomic mass is 10.2. The van der Waals surface area contributed by atoms with E-state index in [4.69, 9.17) is 4.74 Å². The molecule has 0 aliphatic carbocycles. The molecular formula is C23H23N7O3S3. The van der Waals surface area contributed by atoms with Gasteiger partial charge in [0, 0.05) is 18.8 Å². The minimum Gasteiger partial charge on any atom is -0.376 e. The van der Waals surface area contributed by atoms with Gasteiger partial charge in [-0.3, -0.25) is 9.59 Å². The number of para-hydroxylation sites is 1. The summed E-state index contributed by atoms with van der Waals surface area (Å²) < 4.78 is 8.88. The molecule has 36 heavy (non-hydrogen) atoms. The number of amides is 2. The van der Waals surface area contributed by atoms with E-state index in [1.165, 1.54) is 34.9 Å². The summed E-state index contributed by atoms with van der Waals surface area (Å²) >= 11 is 4.16. The summed E-state index contributed by atoms with van der Waals surface area (Å²) in [5.74, 6) is 0.272. The molecule has 1 fully saturated rings. The Morgan fingerprint density at radius 3 is 2.81 bits per heavy atom. The molecule has 0 spiro atoms. The largest absolute Gasteiger partial charge is 0.376 e. The second-order valence-electron chi connectivity index (χ2n) is 7.94. The van der Waals surface area contributed by atoms with Crippen LogP contribution in [0.4, 0.5) is 5.69 Å². The van der Waals surface area contributed by atoms with Gasteiger partial charge in [0.15, 0.2) is 4.34 Å². The van der Waals surface area contributed by atoms with Crippen molar-refractivity contribution < 1.29 is 14.3 Å². The number of tetrazole rings is 1. The smallest absolute Gasteiger partial charge is 0.234 e. The molecule has 1 saturated heterocycles. The number of nitrogens with zero attached hydrogens (tertiary/aromatic N) is 5. The maximum Gasteiger partial charge on any atom is 0.234 e. The van der Waals surface area contributed by atoms with Gasteiger partial charge in [-0.25, -0.2) is 4.98 Å². The van der Waals surface area contributed by atoms with Gasteiger partial charge >= 0.3 is 0 Å². The van der Waals surface area contributed by atoms with Crippen LogP contribution in [0, 0.1) is 0 Å². The molecule has 5 rings (SSSR count). The summed E-state index contributed by atoms with van der Waals surface area (Å²) in [7, 11) is 0. The van der Waals surface area contributed by atoms with Crippen molar-refractivity contribution in [3.63, 3.8) is 0 Å². The highest BCUT2D eigenvalue weighted by Crippen LogP contribution is 2.31. The van der Waals surface area contributed by atoms with E-state index in [9.17, 15) is 9.59 Å². The summed E-state index contributed by atoms with van der Waals surface area (Å²) in [6.07, 6.45) is 2.18. The zero-order valence-corrected chi connectivity index (χ0v) is 21.6. The summed E-state index contributed by atoms with van der Waals surface area (Å²) in [4.78, 5) is 29.3. The van der Waals surface area contributed by atoms with Crippen molar-refractivity contribution in [1.29, 1.82) is 0 Å². The molecule has 0 radical (unpaired) electrons. The number of hydrogen-bond donors (Lipinski definition) is 2. The van der Waals surface area contributed by atoms with E-state index in [-0.39, 0.29) is 23.7 Å². The van der Waals surface area contributed by atoms with E-state index in [1.807, 2.05) is 48.5 Å². The lowest BCUT2D eigenvalue weighted by molar-refractivity contribution is -0.119. The topological polar surface area (TPSA) is 124 Å². The van der Waals surface area contributed by atoms with Gasteiger partial charge in [0.25, 0.3) is 0 Å². The van der Waals surface area contributed by atoms with Crippen LogP contribution in [0.25, 0.3) is 15.9 Å². The number of aromatic nitrogens is 5. The van der Waals surface area contributed by atoms with Crippen molar-refractivity contribution in [3.05, 3.63) is 48.5 Å². The van der Waals surface area contributed by atoms with Gasteiger partial charge in [0.05, 0.1) is 33.5 Å². The number of benzene rings is 2. The molecule has 10 nitrogen and oxygen atoms in total. The third-order valence-electron chi connectivity index (χ3n) is 5.30. The third kappa shape index (κ3) is 6.40. The first-order chi connectivity index (χ1) is 17.6. The first-order valence-corrected chi connectivity index (χ1v) is 14.1. The highest BCUT2D eigenvalue weighted by molar-refractivity contribution is 8.01. The van der Waals surface area contributed by atoms with Gasteiger partial charge in [-0.1, -0.05) is 41.7 Å². The van der Waals surface area contributed by atoms with Gasteiger partial charge in [-0.05, 0) is 53.6 Å². The first-order valence-electron chi connectivity index (χ1n) is 11.3. The number of carbonyl (C=O) groups excluding carboxylic acids is 2. The lowest BCUT2D eigenvalue weighted by Gasteiger charge is -2.09. The van der Waals surface area contributed by atoms with Crippen LogP contribution in [0.2, 0.25) is 0 Å². The van der Waals surface area contributed by atoms with Gasteiger partial charge in [0.1, 0.15) is 0 Å².